The number of nitrogens with zero attached hydrogens (tertiary/aromatic N) is 3. The van der Waals surface area contributed by atoms with E-state index in [9.17, 15) is 29.2 Å². The van der Waals surface area contributed by atoms with Gasteiger partial charge >= 0.3 is 0 Å². The molecule has 0 spiro atoms. The maximum atomic E-state index is 14.1. The van der Waals surface area contributed by atoms with Crippen molar-refractivity contribution in [2.24, 2.45) is 5.18 Å². The number of thioether (sulfide) groups is 2. The van der Waals surface area contributed by atoms with Crippen molar-refractivity contribution in [2.45, 2.75) is 140 Å². The Bertz CT molecular complexity index is 2840. The number of hydrogen-bond donors (Lipinski definition) is 2. The zero-order chi connectivity index (χ0) is 52.8. The first-order valence-electron chi connectivity index (χ1n) is 24.3. The fourth-order valence-electron chi connectivity index (χ4n) is 8.31. The zero-order valence-corrected chi connectivity index (χ0v) is 45.3. The molecule has 2 N–H and O–H groups in total. The van der Waals surface area contributed by atoms with Gasteiger partial charge in [-0.2, -0.15) is 0 Å². The van der Waals surface area contributed by atoms with Crippen LogP contribution >= 0.6 is 23.5 Å². The molecule has 12 heteroatoms. The SMILES string of the molecule is CC(C)(C)c1cc(SC(=O)CCC(=O)N(c2ccccc2)c2ccc(Nc3ccc(N(C(=O)CCC(=O)Sc4cc(C(C)(C)C)c(N=O)c(C(C)(C)C)c4)c4ccccc4)cc3)cc2)cc(C(C)(C)C)c1O. The Kier molecular flexibility index (Phi) is 17.1. The van der Waals surface area contributed by atoms with Crippen molar-refractivity contribution < 1.29 is 24.3 Å². The molecular formula is C60H68N4O6S2. The van der Waals surface area contributed by atoms with Gasteiger partial charge in [-0.3, -0.25) is 29.0 Å². The number of nitrogens with one attached hydrogen (secondary N) is 1. The van der Waals surface area contributed by atoms with E-state index in [4.69, 9.17) is 0 Å². The van der Waals surface area contributed by atoms with Gasteiger partial charge in [-0.05, 0) is 135 Å². The first-order chi connectivity index (χ1) is 33.7. The van der Waals surface area contributed by atoms with Gasteiger partial charge in [0, 0.05) is 80.7 Å². The highest BCUT2D eigenvalue weighted by Crippen LogP contribution is 2.44. The molecule has 0 unspecified atom stereocenters. The average Bonchev–Trinajstić information content (AvgIpc) is 3.31. The first-order valence-corrected chi connectivity index (χ1v) is 25.9. The number of aromatic hydroxyl groups is 1. The van der Waals surface area contributed by atoms with Crippen LogP contribution in [0.1, 0.15) is 131 Å². The van der Waals surface area contributed by atoms with Crippen LogP contribution in [-0.2, 0) is 40.8 Å². The first kappa shape index (κ1) is 54.8. The number of para-hydroxylation sites is 2. The predicted octanol–water partition coefficient (Wildman–Crippen LogP) is 16.3. The molecule has 0 bridgehead atoms. The number of phenols is 1. The lowest BCUT2D eigenvalue weighted by molar-refractivity contribution is -0.120. The van der Waals surface area contributed by atoms with Crippen molar-refractivity contribution in [3.8, 4) is 5.75 Å². The summed E-state index contributed by atoms with van der Waals surface area (Å²) in [4.78, 5) is 71.8. The summed E-state index contributed by atoms with van der Waals surface area (Å²) in [5.74, 6) is -0.211. The molecule has 0 saturated carbocycles. The Labute approximate surface area is 434 Å². The molecule has 0 aromatic heterocycles. The van der Waals surface area contributed by atoms with Gasteiger partial charge in [0.05, 0.1) is 0 Å². The second-order valence-corrected chi connectivity index (χ2v) is 24.4. The Morgan fingerprint density at radius 3 is 1.07 bits per heavy atom. The molecule has 0 atom stereocenters. The van der Waals surface area contributed by atoms with E-state index in [-0.39, 0.29) is 75.1 Å². The number of anilines is 6. The Morgan fingerprint density at radius 2 is 0.764 bits per heavy atom. The van der Waals surface area contributed by atoms with Crippen LogP contribution in [0.15, 0.2) is 148 Å². The monoisotopic (exact) mass is 1000 g/mol. The number of phenolic OH excluding ortho intramolecular Hbond substituents is 1. The van der Waals surface area contributed by atoms with Crippen LogP contribution in [-0.4, -0.2) is 27.2 Å². The summed E-state index contributed by atoms with van der Waals surface area (Å²) >= 11 is 2.18. The molecule has 6 rings (SSSR count). The fraction of sp³-hybridized carbons (Fsp3) is 0.333. The summed E-state index contributed by atoms with van der Waals surface area (Å²) in [6.45, 7) is 24.3. The fourth-order valence-corrected chi connectivity index (χ4v) is 9.95. The van der Waals surface area contributed by atoms with Gasteiger partial charge in [-0.1, -0.05) is 143 Å². The molecule has 0 saturated heterocycles. The van der Waals surface area contributed by atoms with Crippen LogP contribution in [0.25, 0.3) is 0 Å². The van der Waals surface area contributed by atoms with Gasteiger partial charge in [0.25, 0.3) is 0 Å². The van der Waals surface area contributed by atoms with E-state index in [1.54, 1.807) is 9.80 Å². The molecule has 0 aliphatic carbocycles. The highest BCUT2D eigenvalue weighted by atomic mass is 32.2. The molecule has 0 aliphatic rings. The normalized spacial score (nSPS) is 12.0. The highest BCUT2D eigenvalue weighted by Gasteiger charge is 2.30. The molecule has 6 aromatic rings. The van der Waals surface area contributed by atoms with Crippen LogP contribution in [0.4, 0.5) is 39.8 Å². The third-order valence-corrected chi connectivity index (χ3v) is 13.9. The lowest BCUT2D eigenvalue weighted by Crippen LogP contribution is -2.26. The molecule has 0 fully saturated rings. The predicted molar refractivity (Wildman–Crippen MR) is 298 cm³/mol. The zero-order valence-electron chi connectivity index (χ0n) is 43.7. The van der Waals surface area contributed by atoms with Gasteiger partial charge in [0.2, 0.25) is 11.8 Å². The van der Waals surface area contributed by atoms with Crippen LogP contribution in [0.3, 0.4) is 0 Å². The summed E-state index contributed by atoms with van der Waals surface area (Å²) in [7, 11) is 0. The summed E-state index contributed by atoms with van der Waals surface area (Å²) in [6.07, 6.45) is 0.00809. The van der Waals surface area contributed by atoms with Crippen LogP contribution in [0, 0.1) is 4.91 Å². The number of carbonyl (C=O) groups is 4. The average molecular weight is 1010 g/mol. The van der Waals surface area contributed by atoms with Crippen molar-refractivity contribution in [3.05, 3.63) is 161 Å². The van der Waals surface area contributed by atoms with E-state index >= 15 is 0 Å². The van der Waals surface area contributed by atoms with E-state index in [1.807, 2.05) is 217 Å². The molecule has 0 heterocycles. The number of rotatable bonds is 15. The Balaban J connectivity index is 1.13. The van der Waals surface area contributed by atoms with Crippen molar-refractivity contribution >= 4 is 85.4 Å². The van der Waals surface area contributed by atoms with E-state index in [1.165, 1.54) is 0 Å². The van der Waals surface area contributed by atoms with Crippen molar-refractivity contribution in [1.82, 2.24) is 0 Å². The number of nitroso groups, excluding NO2 is 1. The minimum atomic E-state index is -0.380. The van der Waals surface area contributed by atoms with Crippen LogP contribution in [0.2, 0.25) is 0 Å². The van der Waals surface area contributed by atoms with E-state index in [2.05, 4.69) is 10.5 Å². The summed E-state index contributed by atoms with van der Waals surface area (Å²) in [5.41, 5.74) is 6.22. The number of amides is 2. The smallest absolute Gasteiger partial charge is 0.232 e. The summed E-state index contributed by atoms with van der Waals surface area (Å²) in [6, 6.07) is 41.1. The highest BCUT2D eigenvalue weighted by molar-refractivity contribution is 8.14. The molecule has 10 nitrogen and oxygen atoms in total. The van der Waals surface area contributed by atoms with Gasteiger partial charge in [0.1, 0.15) is 11.4 Å². The minimum Gasteiger partial charge on any atom is -0.507 e. The van der Waals surface area contributed by atoms with Gasteiger partial charge < -0.3 is 10.4 Å². The summed E-state index contributed by atoms with van der Waals surface area (Å²) < 4.78 is 0. The van der Waals surface area contributed by atoms with Crippen molar-refractivity contribution in [1.29, 1.82) is 0 Å². The van der Waals surface area contributed by atoms with Crippen LogP contribution in [0.5, 0.6) is 5.75 Å². The Hall–Kier alpha value is -6.50. The maximum Gasteiger partial charge on any atom is 0.232 e. The summed E-state index contributed by atoms with van der Waals surface area (Å²) in [5, 5.41) is 17.7. The topological polar surface area (TPSA) is 136 Å². The number of carbonyl (C=O) groups excluding carboxylic acids is 4. The van der Waals surface area contributed by atoms with E-state index < -0.39 is 0 Å². The van der Waals surface area contributed by atoms with E-state index in [0.29, 0.717) is 33.3 Å². The van der Waals surface area contributed by atoms with Gasteiger partial charge in [-0.25, -0.2) is 0 Å². The largest absolute Gasteiger partial charge is 0.507 e. The second-order valence-electron chi connectivity index (χ2n) is 22.1. The minimum absolute atomic E-state index is 0.00601. The lowest BCUT2D eigenvalue weighted by atomic mass is 9.79. The molecule has 376 valence electrons. The molecule has 0 aliphatic heterocycles. The molecule has 72 heavy (non-hydrogen) atoms. The third-order valence-electron chi connectivity index (χ3n) is 12.1. The number of hydrogen-bond acceptors (Lipinski definition) is 10. The van der Waals surface area contributed by atoms with E-state index in [0.717, 1.165) is 62.0 Å². The molecule has 0 radical (unpaired) electrons. The molecule has 2 amide bonds. The lowest BCUT2D eigenvalue weighted by Gasteiger charge is -2.28. The van der Waals surface area contributed by atoms with Crippen LogP contribution < -0.4 is 15.1 Å². The van der Waals surface area contributed by atoms with Gasteiger partial charge in [0.15, 0.2) is 10.2 Å². The molecular weight excluding hydrogens is 937 g/mol. The Morgan fingerprint density at radius 1 is 0.458 bits per heavy atom. The standard InChI is InChI=1S/C60H68N4O6S2/c1-57(2,3)47-35-45(36-48(55(47)62-70)58(4,5)6)71-53(67)33-31-51(65)63(41-19-15-13-16-20-41)43-27-23-39(24-28-43)61-40-25-29-44(30-26-40)64(42-21-17-14-18-22-42)52(66)32-34-54(68)72-46-37-49(59(7,8)9)56(69)50(38-46)60(10,11)12/h13-30,35-38,61,69H,31-34H2,1-12H3. The van der Waals surface area contributed by atoms with Gasteiger partial charge in [-0.15, -0.1) is 4.91 Å². The maximum absolute atomic E-state index is 14.1. The van der Waals surface area contributed by atoms with Crippen molar-refractivity contribution in [3.63, 3.8) is 0 Å². The third kappa shape index (κ3) is 13.9. The van der Waals surface area contributed by atoms with Crippen molar-refractivity contribution in [2.75, 3.05) is 15.1 Å². The quantitative estimate of drug-likeness (QED) is 0.0761. The second kappa shape index (κ2) is 22.5. The number of benzene rings is 6. The molecule has 6 aromatic carbocycles.